The minimum absolute atomic E-state index is 0.0834. The molecule has 2 heterocycles. The smallest absolute Gasteiger partial charge is 0.338 e. The number of rotatable bonds is 9. The summed E-state index contributed by atoms with van der Waals surface area (Å²) < 4.78 is 17.0. The Labute approximate surface area is 194 Å². The predicted octanol–water partition coefficient (Wildman–Crippen LogP) is 4.86. The van der Waals surface area contributed by atoms with E-state index in [1.807, 2.05) is 25.1 Å². The summed E-state index contributed by atoms with van der Waals surface area (Å²) >= 11 is 1.40. The van der Waals surface area contributed by atoms with Crippen LogP contribution in [0.4, 0.5) is 0 Å². The summed E-state index contributed by atoms with van der Waals surface area (Å²) in [5.41, 5.74) is 1.66. The molecule has 0 saturated carbocycles. The Kier molecular flexibility index (Phi) is 7.87. The van der Waals surface area contributed by atoms with Crippen molar-refractivity contribution in [2.45, 2.75) is 71.3 Å². The molecule has 0 bridgehead atoms. The van der Waals surface area contributed by atoms with Gasteiger partial charge < -0.3 is 14.2 Å². The number of nitrogens with zero attached hydrogens (tertiary/aromatic N) is 2. The number of unbranched alkanes of at least 4 members (excludes halogenated alkanes) is 2. The van der Waals surface area contributed by atoms with E-state index in [1.165, 1.54) is 11.8 Å². The highest BCUT2D eigenvalue weighted by Crippen LogP contribution is 2.44. The van der Waals surface area contributed by atoms with Crippen molar-refractivity contribution in [1.82, 2.24) is 4.90 Å². The molecule has 1 aromatic carbocycles. The largest absolute Gasteiger partial charge is 0.493 e. The SMILES string of the molecule is CCCCCOc1ccc(C2C(C(=O)OC(C)C)=C(C)N=C3SC(C)C(=O)N32)cc1OC. The molecule has 2 unspecified atom stereocenters. The number of carbonyl (C=O) groups excluding carboxylic acids is 2. The number of allylic oxidation sites excluding steroid dienone is 1. The topological polar surface area (TPSA) is 77.4 Å². The van der Waals surface area contributed by atoms with Gasteiger partial charge in [0.05, 0.1) is 42.4 Å². The van der Waals surface area contributed by atoms with Gasteiger partial charge in [0, 0.05) is 0 Å². The molecule has 7 nitrogen and oxygen atoms in total. The van der Waals surface area contributed by atoms with Gasteiger partial charge in [-0.05, 0) is 51.8 Å². The van der Waals surface area contributed by atoms with Crippen molar-refractivity contribution in [2.24, 2.45) is 4.99 Å². The fourth-order valence-electron chi connectivity index (χ4n) is 3.76. The Morgan fingerprint density at radius 3 is 2.66 bits per heavy atom. The zero-order valence-electron chi connectivity index (χ0n) is 19.6. The summed E-state index contributed by atoms with van der Waals surface area (Å²) in [7, 11) is 1.58. The Morgan fingerprint density at radius 2 is 2.00 bits per heavy atom. The van der Waals surface area contributed by atoms with Crippen LogP contribution < -0.4 is 9.47 Å². The molecule has 32 heavy (non-hydrogen) atoms. The minimum atomic E-state index is -0.637. The van der Waals surface area contributed by atoms with Crippen LogP contribution in [-0.2, 0) is 14.3 Å². The zero-order chi connectivity index (χ0) is 23.4. The third-order valence-electron chi connectivity index (χ3n) is 5.33. The third kappa shape index (κ3) is 4.95. The number of amidine groups is 1. The lowest BCUT2D eigenvalue weighted by Gasteiger charge is -2.33. The number of ether oxygens (including phenoxy) is 3. The number of hydrogen-bond acceptors (Lipinski definition) is 7. The van der Waals surface area contributed by atoms with Crippen LogP contribution in [0.1, 0.15) is 65.5 Å². The maximum absolute atomic E-state index is 13.1. The van der Waals surface area contributed by atoms with Crippen molar-refractivity contribution in [2.75, 3.05) is 13.7 Å². The van der Waals surface area contributed by atoms with E-state index in [1.54, 1.807) is 32.8 Å². The molecule has 174 valence electrons. The molecular formula is C24H32N2O5S. The quantitative estimate of drug-likeness (QED) is 0.387. The number of aliphatic imine (C=N–C) groups is 1. The lowest BCUT2D eigenvalue weighted by Crippen LogP contribution is -2.40. The van der Waals surface area contributed by atoms with Crippen molar-refractivity contribution in [3.63, 3.8) is 0 Å². The molecule has 0 N–H and O–H groups in total. The fraction of sp³-hybridized carbons (Fsp3) is 0.542. The standard InChI is InChI=1S/C24H32N2O5S/c1-7-8-9-12-30-18-11-10-17(13-19(18)29-6)21-20(23(28)31-14(2)3)15(4)25-24-26(21)22(27)16(5)32-24/h10-11,13-14,16,21H,7-9,12H2,1-6H3. The lowest BCUT2D eigenvalue weighted by atomic mass is 9.94. The zero-order valence-corrected chi connectivity index (χ0v) is 20.5. The van der Waals surface area contributed by atoms with E-state index in [2.05, 4.69) is 11.9 Å². The molecule has 1 aromatic rings. The summed E-state index contributed by atoms with van der Waals surface area (Å²) in [4.78, 5) is 32.3. The van der Waals surface area contributed by atoms with Crippen LogP contribution >= 0.6 is 11.8 Å². The number of benzene rings is 1. The minimum Gasteiger partial charge on any atom is -0.493 e. The molecule has 2 atom stereocenters. The third-order valence-corrected chi connectivity index (χ3v) is 6.38. The van der Waals surface area contributed by atoms with E-state index in [-0.39, 0.29) is 17.3 Å². The van der Waals surface area contributed by atoms with Gasteiger partial charge >= 0.3 is 5.97 Å². The number of amides is 1. The Morgan fingerprint density at radius 1 is 1.25 bits per heavy atom. The maximum Gasteiger partial charge on any atom is 0.338 e. The molecule has 3 rings (SSSR count). The number of hydrogen-bond donors (Lipinski definition) is 0. The van der Waals surface area contributed by atoms with Crippen molar-refractivity contribution < 1.29 is 23.8 Å². The van der Waals surface area contributed by atoms with Crippen molar-refractivity contribution in [3.8, 4) is 11.5 Å². The van der Waals surface area contributed by atoms with Gasteiger partial charge in [-0.25, -0.2) is 9.79 Å². The van der Waals surface area contributed by atoms with Gasteiger partial charge in [0.2, 0.25) is 5.91 Å². The van der Waals surface area contributed by atoms with E-state index in [0.717, 1.165) is 24.8 Å². The summed E-state index contributed by atoms with van der Waals surface area (Å²) in [5.74, 6) is 0.644. The van der Waals surface area contributed by atoms with Crippen LogP contribution in [-0.4, -0.2) is 47.0 Å². The molecule has 0 radical (unpaired) electrons. The van der Waals surface area contributed by atoms with Gasteiger partial charge in [0.15, 0.2) is 16.7 Å². The summed E-state index contributed by atoms with van der Waals surface area (Å²) in [5, 5.41) is 0.331. The molecule has 2 aliphatic rings. The first-order valence-electron chi connectivity index (χ1n) is 11.1. The second kappa shape index (κ2) is 10.4. The number of fused-ring (bicyclic) bond motifs is 1. The van der Waals surface area contributed by atoms with Crippen molar-refractivity contribution in [3.05, 3.63) is 35.0 Å². The van der Waals surface area contributed by atoms with Gasteiger partial charge in [-0.3, -0.25) is 9.69 Å². The summed E-state index contributed by atoms with van der Waals surface area (Å²) in [6.07, 6.45) is 2.90. The first kappa shape index (κ1) is 24.2. The maximum atomic E-state index is 13.1. The van der Waals surface area contributed by atoms with Crippen LogP contribution in [0.3, 0.4) is 0 Å². The predicted molar refractivity (Wildman–Crippen MR) is 126 cm³/mol. The molecule has 2 aliphatic heterocycles. The van der Waals surface area contributed by atoms with Gasteiger partial charge in [-0.2, -0.15) is 0 Å². The van der Waals surface area contributed by atoms with E-state index in [9.17, 15) is 9.59 Å². The van der Waals surface area contributed by atoms with Gasteiger partial charge in [-0.1, -0.05) is 37.6 Å². The Hall–Kier alpha value is -2.48. The Balaban J connectivity index is 2.02. The second-order valence-corrected chi connectivity index (χ2v) is 9.49. The molecule has 0 aliphatic carbocycles. The fourth-order valence-corrected chi connectivity index (χ4v) is 4.79. The molecule has 1 saturated heterocycles. The van der Waals surface area contributed by atoms with E-state index < -0.39 is 12.0 Å². The average molecular weight is 461 g/mol. The summed E-state index contributed by atoms with van der Waals surface area (Å²) in [6.45, 7) is 9.98. The molecule has 0 aromatic heterocycles. The molecule has 8 heteroatoms. The average Bonchev–Trinajstić information content (AvgIpc) is 3.02. The van der Waals surface area contributed by atoms with Crippen LogP contribution in [0, 0.1) is 0 Å². The van der Waals surface area contributed by atoms with Gasteiger partial charge in [-0.15, -0.1) is 0 Å². The van der Waals surface area contributed by atoms with Crippen molar-refractivity contribution in [1.29, 1.82) is 0 Å². The summed E-state index contributed by atoms with van der Waals surface area (Å²) in [6, 6.07) is 4.91. The monoisotopic (exact) mass is 460 g/mol. The first-order valence-corrected chi connectivity index (χ1v) is 12.0. The van der Waals surface area contributed by atoms with Crippen molar-refractivity contribution >= 4 is 28.8 Å². The molecule has 1 amide bonds. The van der Waals surface area contributed by atoms with Crippen LogP contribution in [0.5, 0.6) is 11.5 Å². The number of carbonyl (C=O) groups is 2. The van der Waals surface area contributed by atoms with Crippen LogP contribution in [0.15, 0.2) is 34.5 Å². The number of thioether (sulfide) groups is 1. The van der Waals surface area contributed by atoms with Crippen LogP contribution in [0.25, 0.3) is 0 Å². The van der Waals surface area contributed by atoms with Gasteiger partial charge in [0.1, 0.15) is 0 Å². The number of esters is 1. The number of methoxy groups -OCH3 is 1. The van der Waals surface area contributed by atoms with E-state index >= 15 is 0 Å². The Bertz CT molecular complexity index is 940. The highest BCUT2D eigenvalue weighted by atomic mass is 32.2. The van der Waals surface area contributed by atoms with E-state index in [4.69, 9.17) is 14.2 Å². The molecule has 0 spiro atoms. The van der Waals surface area contributed by atoms with Gasteiger partial charge in [0.25, 0.3) is 0 Å². The normalized spacial score (nSPS) is 20.4. The lowest BCUT2D eigenvalue weighted by molar-refractivity contribution is -0.143. The second-order valence-electron chi connectivity index (χ2n) is 8.18. The first-order chi connectivity index (χ1) is 15.3. The highest BCUT2D eigenvalue weighted by molar-refractivity contribution is 8.15. The highest BCUT2D eigenvalue weighted by Gasteiger charge is 2.46. The molecular weight excluding hydrogens is 428 g/mol. The van der Waals surface area contributed by atoms with E-state index in [0.29, 0.717) is 34.5 Å². The van der Waals surface area contributed by atoms with Crippen LogP contribution in [0.2, 0.25) is 0 Å². The molecule has 1 fully saturated rings.